The summed E-state index contributed by atoms with van der Waals surface area (Å²) in [5.41, 5.74) is 0.458. The second kappa shape index (κ2) is 10.6. The Morgan fingerprint density at radius 1 is 0.973 bits per heavy atom. The van der Waals surface area contributed by atoms with Crippen LogP contribution in [0, 0.1) is 5.92 Å². The number of carboxylic acid groups (broad SMARTS) is 1. The highest BCUT2D eigenvalue weighted by molar-refractivity contribution is 5.89. The predicted molar refractivity (Wildman–Crippen MR) is 123 cm³/mol. The molecule has 0 radical (unpaired) electrons. The largest absolute Gasteiger partial charge is 0.490 e. The van der Waals surface area contributed by atoms with Gasteiger partial charge < -0.3 is 15.2 Å². The van der Waals surface area contributed by atoms with Crippen molar-refractivity contribution < 1.29 is 41.0 Å². The lowest BCUT2D eigenvalue weighted by Crippen LogP contribution is -2.32. The van der Waals surface area contributed by atoms with Gasteiger partial charge in [-0.2, -0.15) is 26.3 Å². The Kier molecular flexibility index (Phi) is 7.63. The van der Waals surface area contributed by atoms with Gasteiger partial charge >= 0.3 is 18.3 Å². The Bertz CT molecular complexity index is 1250. The maximum atomic E-state index is 14.0. The molecule has 1 aromatic heterocycles. The Labute approximate surface area is 208 Å². The monoisotopic (exact) mass is 526 g/mol. The fourth-order valence-corrected chi connectivity index (χ4v) is 4.54. The second-order valence-corrected chi connectivity index (χ2v) is 9.07. The summed E-state index contributed by atoms with van der Waals surface area (Å²) in [4.78, 5) is 15.0. The first-order chi connectivity index (χ1) is 17.4. The van der Waals surface area contributed by atoms with Crippen LogP contribution >= 0.6 is 0 Å². The Morgan fingerprint density at radius 3 is 2.30 bits per heavy atom. The molecule has 198 valence electrons. The number of alkyl halides is 6. The number of aromatic nitrogens is 1. The van der Waals surface area contributed by atoms with Crippen molar-refractivity contribution in [2.24, 2.45) is 5.92 Å². The van der Waals surface area contributed by atoms with Crippen molar-refractivity contribution in [3.05, 3.63) is 71.0 Å². The molecule has 1 saturated carbocycles. The number of halogens is 6. The Balaban J connectivity index is 1.46. The van der Waals surface area contributed by atoms with E-state index in [0.717, 1.165) is 5.56 Å². The first kappa shape index (κ1) is 26.7. The minimum atomic E-state index is -4.72. The number of carbonyl (C=O) groups is 1. The molecule has 1 aliphatic rings. The molecule has 0 bridgehead atoms. The zero-order valence-corrected chi connectivity index (χ0v) is 19.5. The topological polar surface area (TPSA) is 71.5 Å². The average molecular weight is 526 g/mol. The van der Waals surface area contributed by atoms with Crippen LogP contribution < -0.4 is 10.1 Å². The quantitative estimate of drug-likeness (QED) is 0.334. The Hall–Kier alpha value is -3.34. The van der Waals surface area contributed by atoms with Crippen molar-refractivity contribution in [1.29, 1.82) is 0 Å². The number of rotatable bonds is 7. The number of hydrogen-bond donors (Lipinski definition) is 2. The molecule has 0 spiro atoms. The lowest BCUT2D eigenvalue weighted by Gasteiger charge is -2.31. The van der Waals surface area contributed by atoms with Crippen molar-refractivity contribution in [3.63, 3.8) is 0 Å². The molecule has 0 unspecified atom stereocenters. The molecule has 1 aliphatic carbocycles. The van der Waals surface area contributed by atoms with Crippen molar-refractivity contribution in [1.82, 2.24) is 10.3 Å². The van der Waals surface area contributed by atoms with Crippen molar-refractivity contribution in [3.8, 4) is 5.75 Å². The maximum Gasteiger partial charge on any atom is 0.420 e. The molecule has 1 fully saturated rings. The number of nitrogens with one attached hydrogen (secondary N) is 1. The molecule has 0 amide bonds. The second-order valence-electron chi connectivity index (χ2n) is 9.07. The van der Waals surface area contributed by atoms with Gasteiger partial charge in [0.05, 0.1) is 23.3 Å². The average Bonchev–Trinajstić information content (AvgIpc) is 2.83. The number of fused-ring (bicyclic) bond motifs is 1. The number of aromatic carboxylic acids is 1. The summed E-state index contributed by atoms with van der Waals surface area (Å²) in [6.07, 6.45) is -8.74. The number of benzene rings is 2. The van der Waals surface area contributed by atoms with Gasteiger partial charge in [0.2, 0.25) is 0 Å². The minimum Gasteiger partial charge on any atom is -0.490 e. The normalized spacial score (nSPS) is 18.6. The highest BCUT2D eigenvalue weighted by Gasteiger charge is 2.42. The molecule has 2 aromatic carbocycles. The van der Waals surface area contributed by atoms with Gasteiger partial charge in [0, 0.05) is 19.3 Å². The summed E-state index contributed by atoms with van der Waals surface area (Å²) < 4.78 is 86.4. The first-order valence-corrected chi connectivity index (χ1v) is 11.7. The Morgan fingerprint density at radius 2 is 1.70 bits per heavy atom. The molecule has 4 rings (SSSR count). The number of pyridine rings is 1. The molecule has 0 atom stereocenters. The van der Waals surface area contributed by atoms with Crippen molar-refractivity contribution >= 4 is 16.7 Å². The maximum absolute atomic E-state index is 14.0. The van der Waals surface area contributed by atoms with Crippen LogP contribution in [0.5, 0.6) is 5.75 Å². The third-order valence-corrected chi connectivity index (χ3v) is 6.47. The van der Waals surface area contributed by atoms with Crippen LogP contribution in [0.3, 0.4) is 0 Å². The molecule has 11 heteroatoms. The van der Waals surface area contributed by atoms with E-state index in [0.29, 0.717) is 24.2 Å². The number of nitrogens with zero attached hydrogens (tertiary/aromatic N) is 1. The van der Waals surface area contributed by atoms with E-state index in [4.69, 9.17) is 9.84 Å². The van der Waals surface area contributed by atoms with Gasteiger partial charge in [0.25, 0.3) is 0 Å². The van der Waals surface area contributed by atoms with Crippen LogP contribution in [0.4, 0.5) is 26.3 Å². The summed E-state index contributed by atoms with van der Waals surface area (Å²) in [6.45, 7) is 0.662. The summed E-state index contributed by atoms with van der Waals surface area (Å²) in [6, 6.07) is 10.3. The number of hydrogen-bond acceptors (Lipinski definition) is 4. The number of ether oxygens (including phenoxy) is 1. The van der Waals surface area contributed by atoms with E-state index in [1.165, 1.54) is 30.5 Å². The summed E-state index contributed by atoms with van der Waals surface area (Å²) >= 11 is 0. The molecule has 2 N–H and O–H groups in total. The van der Waals surface area contributed by atoms with Crippen LogP contribution in [-0.2, 0) is 19.3 Å². The molecule has 5 nitrogen and oxygen atoms in total. The zero-order chi connectivity index (χ0) is 26.8. The van der Waals surface area contributed by atoms with Gasteiger partial charge in [-0.25, -0.2) is 4.79 Å². The molecule has 0 saturated heterocycles. The van der Waals surface area contributed by atoms with E-state index < -0.39 is 35.9 Å². The summed E-state index contributed by atoms with van der Waals surface area (Å²) in [5.74, 6) is -2.90. The standard InChI is InChI=1S/C26H24F6N2O3/c27-25(28,29)18-4-7-20(8-5-18)37-22-10-3-16-11-15(1-9-21(16)23(22)26(30,31)32)12-33-14-19-6-2-17(13-34-19)24(35)36/h1-3,6,9-11,13,18,20,33H,4-5,7-8,12,14H2,(H,35,36)/t18-,20+. The van der Waals surface area contributed by atoms with Gasteiger partial charge in [0.15, 0.2) is 0 Å². The molecule has 3 aromatic rings. The summed E-state index contributed by atoms with van der Waals surface area (Å²) in [7, 11) is 0. The fourth-order valence-electron chi connectivity index (χ4n) is 4.54. The third kappa shape index (κ3) is 6.51. The minimum absolute atomic E-state index is 0.0397. The van der Waals surface area contributed by atoms with Crippen LogP contribution in [0.25, 0.3) is 10.8 Å². The zero-order valence-electron chi connectivity index (χ0n) is 19.5. The van der Waals surface area contributed by atoms with Crippen LogP contribution in [0.15, 0.2) is 48.7 Å². The van der Waals surface area contributed by atoms with Gasteiger partial charge in [-0.1, -0.05) is 18.2 Å². The molecule has 0 aliphatic heterocycles. The highest BCUT2D eigenvalue weighted by atomic mass is 19.4. The highest BCUT2D eigenvalue weighted by Crippen LogP contribution is 2.44. The van der Waals surface area contributed by atoms with E-state index in [9.17, 15) is 31.1 Å². The van der Waals surface area contributed by atoms with Gasteiger partial charge in [-0.3, -0.25) is 4.98 Å². The van der Waals surface area contributed by atoms with Crippen molar-refractivity contribution in [2.45, 2.75) is 57.2 Å². The SMILES string of the molecule is O=C(O)c1ccc(CNCc2ccc3c(C(F)(F)F)c(O[C@H]4CC[C@@H](C(F)(F)F)CC4)ccc3c2)nc1. The molecule has 1 heterocycles. The van der Waals surface area contributed by atoms with Gasteiger partial charge in [0.1, 0.15) is 11.3 Å². The van der Waals surface area contributed by atoms with E-state index in [2.05, 4.69) is 10.3 Å². The molecule has 37 heavy (non-hydrogen) atoms. The smallest absolute Gasteiger partial charge is 0.420 e. The van der Waals surface area contributed by atoms with Gasteiger partial charge in [-0.05, 0) is 66.3 Å². The van der Waals surface area contributed by atoms with E-state index in [1.54, 1.807) is 18.2 Å². The molecular formula is C26H24F6N2O3. The first-order valence-electron chi connectivity index (χ1n) is 11.7. The van der Waals surface area contributed by atoms with Crippen LogP contribution in [0.1, 0.15) is 52.9 Å². The van der Waals surface area contributed by atoms with E-state index in [1.807, 2.05) is 0 Å². The van der Waals surface area contributed by atoms with Gasteiger partial charge in [-0.15, -0.1) is 0 Å². The third-order valence-electron chi connectivity index (χ3n) is 6.47. The predicted octanol–water partition coefficient (Wildman–Crippen LogP) is 6.74. The summed E-state index contributed by atoms with van der Waals surface area (Å²) in [5, 5.41) is 12.3. The lowest BCUT2D eigenvalue weighted by molar-refractivity contribution is -0.185. The van der Waals surface area contributed by atoms with Crippen LogP contribution in [-0.4, -0.2) is 28.3 Å². The number of carboxylic acids is 1. The fraction of sp³-hybridized carbons (Fsp3) is 0.385. The van der Waals surface area contributed by atoms with Crippen LogP contribution in [0.2, 0.25) is 0 Å². The lowest BCUT2D eigenvalue weighted by atomic mass is 9.87. The van der Waals surface area contributed by atoms with E-state index >= 15 is 0 Å². The van der Waals surface area contributed by atoms with Crippen molar-refractivity contribution in [2.75, 3.05) is 0 Å². The van der Waals surface area contributed by atoms with E-state index in [-0.39, 0.29) is 42.4 Å². The molecular weight excluding hydrogens is 502 g/mol.